The summed E-state index contributed by atoms with van der Waals surface area (Å²) in [6, 6.07) is 13.4. The minimum atomic E-state index is -0.0665. The first-order valence-electron chi connectivity index (χ1n) is 12.4. The molecular formula is C27H37N3O3S. The molecule has 1 amide bonds. The molecule has 0 spiro atoms. The van der Waals surface area contributed by atoms with E-state index in [1.807, 2.05) is 49.4 Å². The molecule has 0 aliphatic heterocycles. The van der Waals surface area contributed by atoms with Crippen molar-refractivity contribution < 1.29 is 14.3 Å². The summed E-state index contributed by atoms with van der Waals surface area (Å²) in [4.78, 5) is 22.7. The molecule has 0 saturated heterocycles. The number of carbonyl (C=O) groups excluding carboxylic acids is 1. The summed E-state index contributed by atoms with van der Waals surface area (Å²) in [5, 5.41) is 0.688. The van der Waals surface area contributed by atoms with Gasteiger partial charge in [-0.05, 0) is 56.8 Å². The van der Waals surface area contributed by atoms with E-state index < -0.39 is 0 Å². The number of likely N-dealkylation sites (N-methyl/N-ethyl adjacent to an activating group) is 1. The number of thiazole rings is 1. The van der Waals surface area contributed by atoms with Crippen LogP contribution in [0.15, 0.2) is 42.5 Å². The summed E-state index contributed by atoms with van der Waals surface area (Å²) in [6.07, 6.45) is 3.30. The Morgan fingerprint density at radius 3 is 2.50 bits per heavy atom. The average Bonchev–Trinajstić information content (AvgIpc) is 3.30. The number of para-hydroxylation sites is 1. The highest BCUT2D eigenvalue weighted by Gasteiger charge is 2.23. The van der Waals surface area contributed by atoms with E-state index in [9.17, 15) is 4.79 Å². The van der Waals surface area contributed by atoms with Gasteiger partial charge in [0.1, 0.15) is 17.0 Å². The van der Waals surface area contributed by atoms with Crippen LogP contribution in [-0.2, 0) is 0 Å². The van der Waals surface area contributed by atoms with Gasteiger partial charge in [-0.3, -0.25) is 9.69 Å². The maximum absolute atomic E-state index is 13.7. The highest BCUT2D eigenvalue weighted by molar-refractivity contribution is 7.22. The molecular weight excluding hydrogens is 446 g/mol. The number of aromatic nitrogens is 1. The van der Waals surface area contributed by atoms with E-state index in [0.717, 1.165) is 60.6 Å². The van der Waals surface area contributed by atoms with Crippen molar-refractivity contribution in [3.63, 3.8) is 0 Å². The van der Waals surface area contributed by atoms with E-state index in [2.05, 4.69) is 25.7 Å². The van der Waals surface area contributed by atoms with Gasteiger partial charge in [0.2, 0.25) is 0 Å². The van der Waals surface area contributed by atoms with Crippen molar-refractivity contribution in [1.82, 2.24) is 9.88 Å². The lowest BCUT2D eigenvalue weighted by atomic mass is 10.2. The van der Waals surface area contributed by atoms with Crippen LogP contribution in [0.25, 0.3) is 10.2 Å². The van der Waals surface area contributed by atoms with E-state index in [1.165, 1.54) is 11.3 Å². The maximum atomic E-state index is 13.7. The molecule has 0 aliphatic carbocycles. The number of anilines is 1. The van der Waals surface area contributed by atoms with Gasteiger partial charge in [-0.2, -0.15) is 0 Å². The van der Waals surface area contributed by atoms with Gasteiger partial charge in [-0.15, -0.1) is 0 Å². The Labute approximate surface area is 207 Å². The van der Waals surface area contributed by atoms with Crippen LogP contribution in [-0.4, -0.2) is 55.2 Å². The van der Waals surface area contributed by atoms with Crippen LogP contribution < -0.4 is 14.4 Å². The fourth-order valence-electron chi connectivity index (χ4n) is 3.78. The second kappa shape index (κ2) is 13.3. The van der Waals surface area contributed by atoms with Crippen molar-refractivity contribution in [2.75, 3.05) is 44.3 Å². The molecule has 0 atom stereocenters. The molecule has 0 radical (unpaired) electrons. The molecule has 0 saturated carbocycles. The number of nitrogens with zero attached hydrogens (tertiary/aromatic N) is 3. The maximum Gasteiger partial charge on any atom is 0.260 e. The average molecular weight is 484 g/mol. The molecule has 0 fully saturated rings. The van der Waals surface area contributed by atoms with Crippen molar-refractivity contribution >= 4 is 32.6 Å². The largest absolute Gasteiger partial charge is 0.494 e. The third kappa shape index (κ3) is 6.70. The third-order valence-electron chi connectivity index (χ3n) is 5.78. The second-order valence-corrected chi connectivity index (χ2v) is 9.11. The van der Waals surface area contributed by atoms with Crippen LogP contribution in [0.2, 0.25) is 0 Å². The van der Waals surface area contributed by atoms with Crippen molar-refractivity contribution in [3.8, 4) is 11.5 Å². The first-order valence-corrected chi connectivity index (χ1v) is 13.2. The van der Waals surface area contributed by atoms with Gasteiger partial charge in [0, 0.05) is 18.7 Å². The Morgan fingerprint density at radius 1 is 0.971 bits per heavy atom. The molecule has 34 heavy (non-hydrogen) atoms. The van der Waals surface area contributed by atoms with Crippen LogP contribution in [0.1, 0.15) is 57.3 Å². The standard InChI is InChI=1S/C27H37N3O3S/c1-5-9-10-19-33-22-14-11-13-21(20-22)26(31)30(18-17-29(6-2)7-3)27-28-25-23(32-8-4)15-12-16-24(25)34-27/h11-16,20H,5-10,17-19H2,1-4H3. The van der Waals surface area contributed by atoms with Crippen molar-refractivity contribution in [1.29, 1.82) is 0 Å². The molecule has 184 valence electrons. The summed E-state index contributed by atoms with van der Waals surface area (Å²) in [7, 11) is 0. The number of fused-ring (bicyclic) bond motifs is 1. The Kier molecular flexibility index (Phi) is 10.2. The first-order chi connectivity index (χ1) is 16.6. The number of hydrogen-bond donors (Lipinski definition) is 0. The minimum Gasteiger partial charge on any atom is -0.494 e. The van der Waals surface area contributed by atoms with Crippen LogP contribution in [0, 0.1) is 0 Å². The Bertz CT molecular complexity index is 1050. The lowest BCUT2D eigenvalue weighted by Gasteiger charge is -2.25. The molecule has 0 unspecified atom stereocenters. The topological polar surface area (TPSA) is 54.9 Å². The zero-order chi connectivity index (χ0) is 24.3. The fourth-order valence-corrected chi connectivity index (χ4v) is 4.79. The van der Waals surface area contributed by atoms with Crippen molar-refractivity contribution in [2.24, 2.45) is 0 Å². The number of hydrogen-bond acceptors (Lipinski definition) is 6. The SMILES string of the molecule is CCCCCOc1cccc(C(=O)N(CCN(CC)CC)c2nc3c(OCC)cccc3s2)c1. The predicted octanol–water partition coefficient (Wildman–Crippen LogP) is 6.25. The molecule has 0 bridgehead atoms. The zero-order valence-corrected chi connectivity index (χ0v) is 21.7. The molecule has 6 nitrogen and oxygen atoms in total. The lowest BCUT2D eigenvalue weighted by Crippen LogP contribution is -2.38. The summed E-state index contributed by atoms with van der Waals surface area (Å²) < 4.78 is 12.7. The van der Waals surface area contributed by atoms with Crippen LogP contribution in [0.4, 0.5) is 5.13 Å². The summed E-state index contributed by atoms with van der Waals surface area (Å²) in [6.45, 7) is 12.9. The van der Waals surface area contributed by atoms with Gasteiger partial charge in [0.25, 0.3) is 5.91 Å². The van der Waals surface area contributed by atoms with Crippen LogP contribution in [0.5, 0.6) is 11.5 Å². The van der Waals surface area contributed by atoms with Crippen LogP contribution in [0.3, 0.4) is 0 Å². The van der Waals surface area contributed by atoms with Crippen LogP contribution >= 0.6 is 11.3 Å². The van der Waals surface area contributed by atoms with Gasteiger partial charge >= 0.3 is 0 Å². The number of benzene rings is 2. The van der Waals surface area contributed by atoms with Gasteiger partial charge in [0.15, 0.2) is 5.13 Å². The second-order valence-electron chi connectivity index (χ2n) is 8.10. The van der Waals surface area contributed by atoms with Gasteiger partial charge < -0.3 is 14.4 Å². The number of carbonyl (C=O) groups is 1. The molecule has 3 aromatic rings. The predicted molar refractivity (Wildman–Crippen MR) is 142 cm³/mol. The van der Waals surface area contributed by atoms with E-state index in [0.29, 0.717) is 30.5 Å². The molecule has 7 heteroatoms. The number of rotatable bonds is 14. The molecule has 1 aromatic heterocycles. The number of ether oxygens (including phenoxy) is 2. The van der Waals surface area contributed by atoms with E-state index in [1.54, 1.807) is 4.90 Å². The van der Waals surface area contributed by atoms with Gasteiger partial charge in [-0.25, -0.2) is 4.98 Å². The highest BCUT2D eigenvalue weighted by Crippen LogP contribution is 2.35. The zero-order valence-electron chi connectivity index (χ0n) is 20.9. The Balaban J connectivity index is 1.89. The fraction of sp³-hybridized carbons (Fsp3) is 0.481. The normalized spacial score (nSPS) is 11.2. The van der Waals surface area contributed by atoms with Crippen molar-refractivity contribution in [2.45, 2.75) is 47.0 Å². The highest BCUT2D eigenvalue weighted by atomic mass is 32.1. The van der Waals surface area contributed by atoms with E-state index >= 15 is 0 Å². The minimum absolute atomic E-state index is 0.0665. The summed E-state index contributed by atoms with van der Waals surface area (Å²) in [5.74, 6) is 1.41. The molecule has 1 heterocycles. The third-order valence-corrected chi connectivity index (χ3v) is 6.82. The summed E-state index contributed by atoms with van der Waals surface area (Å²) in [5.41, 5.74) is 1.41. The Hall–Kier alpha value is -2.64. The molecule has 2 aromatic carbocycles. The Morgan fingerprint density at radius 2 is 1.76 bits per heavy atom. The number of unbranched alkanes of at least 4 members (excludes halogenated alkanes) is 2. The number of amides is 1. The van der Waals surface area contributed by atoms with Gasteiger partial charge in [0.05, 0.1) is 17.9 Å². The molecule has 3 rings (SSSR count). The monoisotopic (exact) mass is 483 g/mol. The molecule has 0 aliphatic rings. The molecule has 0 N–H and O–H groups in total. The van der Waals surface area contributed by atoms with E-state index in [4.69, 9.17) is 14.5 Å². The first kappa shape index (κ1) is 26.0. The quantitative estimate of drug-likeness (QED) is 0.254. The smallest absolute Gasteiger partial charge is 0.260 e. The van der Waals surface area contributed by atoms with Gasteiger partial charge in [-0.1, -0.05) is 57.1 Å². The van der Waals surface area contributed by atoms with Crippen molar-refractivity contribution in [3.05, 3.63) is 48.0 Å². The van der Waals surface area contributed by atoms with E-state index in [-0.39, 0.29) is 5.91 Å². The lowest BCUT2D eigenvalue weighted by molar-refractivity contribution is 0.0983. The summed E-state index contributed by atoms with van der Waals surface area (Å²) >= 11 is 1.52.